The second-order valence-electron chi connectivity index (χ2n) is 6.08. The molecule has 1 aliphatic rings. The number of thioether (sulfide) groups is 1. The van der Waals surface area contributed by atoms with E-state index < -0.39 is 0 Å². The lowest BCUT2D eigenvalue weighted by Gasteiger charge is -2.11. The molecule has 2 aromatic carbocycles. The van der Waals surface area contributed by atoms with Gasteiger partial charge in [0.1, 0.15) is 5.75 Å². The van der Waals surface area contributed by atoms with E-state index in [-0.39, 0.29) is 11.1 Å². The summed E-state index contributed by atoms with van der Waals surface area (Å²) in [4.78, 5) is 26.4. The Hall–Kier alpha value is -2.79. The maximum Gasteiger partial charge on any atom is 0.293 e. The van der Waals surface area contributed by atoms with Gasteiger partial charge in [0.25, 0.3) is 11.1 Å². The fourth-order valence-electron chi connectivity index (χ4n) is 2.75. The number of rotatable bonds is 7. The summed E-state index contributed by atoms with van der Waals surface area (Å²) >= 11 is 0.997. The van der Waals surface area contributed by atoms with Crippen molar-refractivity contribution in [1.82, 2.24) is 4.90 Å². The molecule has 3 rings (SSSR count). The lowest BCUT2D eigenvalue weighted by Crippen LogP contribution is -2.29. The van der Waals surface area contributed by atoms with Crippen LogP contribution in [0.25, 0.3) is 6.08 Å². The van der Waals surface area contributed by atoms with Crippen molar-refractivity contribution in [1.29, 1.82) is 0 Å². The van der Waals surface area contributed by atoms with Crippen molar-refractivity contribution in [3.05, 3.63) is 82.8 Å². The molecule has 2 amide bonds. The topological polar surface area (TPSA) is 46.6 Å². The molecule has 0 spiro atoms. The summed E-state index contributed by atoms with van der Waals surface area (Å²) in [5.41, 5.74) is 2.21. The monoisotopic (exact) mass is 379 g/mol. The van der Waals surface area contributed by atoms with Gasteiger partial charge in [0, 0.05) is 6.54 Å². The molecule has 1 heterocycles. The van der Waals surface area contributed by atoms with Gasteiger partial charge in [-0.3, -0.25) is 14.5 Å². The Balaban J connectivity index is 1.56. The fraction of sp³-hybridized carbons (Fsp3) is 0.182. The van der Waals surface area contributed by atoms with E-state index in [9.17, 15) is 9.59 Å². The predicted octanol–water partition coefficient (Wildman–Crippen LogP) is 4.92. The lowest BCUT2D eigenvalue weighted by atomic mass is 10.1. The molecule has 1 aliphatic heterocycles. The van der Waals surface area contributed by atoms with Crippen LogP contribution in [0.3, 0.4) is 0 Å². The van der Waals surface area contributed by atoms with Crippen LogP contribution in [0, 0.1) is 0 Å². The Morgan fingerprint density at radius 1 is 1.04 bits per heavy atom. The van der Waals surface area contributed by atoms with Gasteiger partial charge in [0.15, 0.2) is 0 Å². The van der Waals surface area contributed by atoms with Crippen molar-refractivity contribution in [3.63, 3.8) is 0 Å². The maximum absolute atomic E-state index is 12.4. The maximum atomic E-state index is 12.4. The highest BCUT2D eigenvalue weighted by molar-refractivity contribution is 8.18. The van der Waals surface area contributed by atoms with Gasteiger partial charge in [-0.1, -0.05) is 54.6 Å². The van der Waals surface area contributed by atoms with Gasteiger partial charge in [-0.15, -0.1) is 0 Å². The second-order valence-corrected chi connectivity index (χ2v) is 7.07. The third-order valence-corrected chi connectivity index (χ3v) is 5.14. The minimum absolute atomic E-state index is 0.197. The van der Waals surface area contributed by atoms with Crippen molar-refractivity contribution < 1.29 is 14.3 Å². The van der Waals surface area contributed by atoms with Crippen LogP contribution in [0.4, 0.5) is 4.79 Å². The summed E-state index contributed by atoms with van der Waals surface area (Å²) in [6.07, 6.45) is 6.99. The normalized spacial score (nSPS) is 15.9. The Bertz CT molecular complexity index is 857. The van der Waals surface area contributed by atoms with Crippen molar-refractivity contribution in [2.45, 2.75) is 12.8 Å². The molecule has 0 atom stereocenters. The van der Waals surface area contributed by atoms with Gasteiger partial charge in [-0.25, -0.2) is 0 Å². The molecular weight excluding hydrogens is 358 g/mol. The van der Waals surface area contributed by atoms with E-state index >= 15 is 0 Å². The number of benzene rings is 2. The molecule has 0 radical (unpaired) electrons. The molecule has 2 aromatic rings. The molecule has 1 fully saturated rings. The first-order valence-corrected chi connectivity index (χ1v) is 9.59. The minimum atomic E-state index is -0.211. The first-order chi connectivity index (χ1) is 13.2. The highest BCUT2D eigenvalue weighted by Crippen LogP contribution is 2.30. The third-order valence-electron chi connectivity index (χ3n) is 4.22. The molecule has 27 heavy (non-hydrogen) atoms. The Kier molecular flexibility index (Phi) is 6.49. The minimum Gasteiger partial charge on any atom is -0.497 e. The summed E-state index contributed by atoms with van der Waals surface area (Å²) < 4.78 is 5.13. The molecule has 0 aliphatic carbocycles. The van der Waals surface area contributed by atoms with Gasteiger partial charge < -0.3 is 4.74 Å². The largest absolute Gasteiger partial charge is 0.497 e. The van der Waals surface area contributed by atoms with Crippen LogP contribution < -0.4 is 4.74 Å². The zero-order valence-electron chi connectivity index (χ0n) is 15.1. The highest BCUT2D eigenvalue weighted by atomic mass is 32.2. The quantitative estimate of drug-likeness (QED) is 0.641. The van der Waals surface area contributed by atoms with Crippen molar-refractivity contribution in [3.8, 4) is 5.75 Å². The van der Waals surface area contributed by atoms with Gasteiger partial charge in [0.05, 0.1) is 12.0 Å². The second kappa shape index (κ2) is 9.24. The van der Waals surface area contributed by atoms with Gasteiger partial charge >= 0.3 is 0 Å². The average Bonchev–Trinajstić information content (AvgIpc) is 2.97. The Morgan fingerprint density at radius 2 is 1.78 bits per heavy atom. The van der Waals surface area contributed by atoms with Crippen molar-refractivity contribution in [2.75, 3.05) is 13.7 Å². The van der Waals surface area contributed by atoms with Gasteiger partial charge in [-0.2, -0.15) is 0 Å². The van der Waals surface area contributed by atoms with Crippen LogP contribution in [-0.4, -0.2) is 29.7 Å². The zero-order chi connectivity index (χ0) is 19.1. The number of nitrogens with zero attached hydrogens (tertiary/aromatic N) is 1. The Labute approximate surface area is 163 Å². The average molecular weight is 379 g/mol. The molecule has 5 heteroatoms. The standard InChI is InChI=1S/C22H21NO3S/c1-26-19-14-12-18(13-15-19)9-5-11-20-21(24)23(22(25)27-20)16-6-10-17-7-3-2-4-8-17/h2-5,7-9,11-15H,6,10,16H2,1H3/b9-5+,20-11+. The number of amides is 2. The van der Waals surface area contributed by atoms with Gasteiger partial charge in [0.2, 0.25) is 0 Å². The number of hydrogen-bond acceptors (Lipinski definition) is 4. The highest BCUT2D eigenvalue weighted by Gasteiger charge is 2.34. The molecule has 4 nitrogen and oxygen atoms in total. The van der Waals surface area contributed by atoms with E-state index in [1.807, 2.05) is 48.5 Å². The van der Waals surface area contributed by atoms with E-state index in [4.69, 9.17) is 4.74 Å². The Morgan fingerprint density at radius 3 is 2.48 bits per heavy atom. The summed E-state index contributed by atoms with van der Waals surface area (Å²) in [5.74, 6) is 0.584. The van der Waals surface area contributed by atoms with E-state index in [0.717, 1.165) is 35.9 Å². The van der Waals surface area contributed by atoms with Crippen molar-refractivity contribution in [2.24, 2.45) is 0 Å². The smallest absolute Gasteiger partial charge is 0.293 e. The first kappa shape index (κ1) is 19.0. The van der Waals surface area contributed by atoms with E-state index in [0.29, 0.717) is 11.4 Å². The van der Waals surface area contributed by atoms with E-state index in [2.05, 4.69) is 12.1 Å². The molecule has 0 bridgehead atoms. The number of imide groups is 1. The molecule has 0 unspecified atom stereocenters. The molecule has 138 valence electrons. The summed E-state index contributed by atoms with van der Waals surface area (Å²) in [5, 5.41) is -0.197. The van der Waals surface area contributed by atoms with Crippen LogP contribution in [0.1, 0.15) is 17.5 Å². The van der Waals surface area contributed by atoms with Crippen LogP contribution >= 0.6 is 11.8 Å². The fourth-order valence-corrected chi connectivity index (χ4v) is 3.57. The molecule has 0 saturated carbocycles. The lowest BCUT2D eigenvalue weighted by molar-refractivity contribution is -0.122. The van der Waals surface area contributed by atoms with Crippen LogP contribution in [-0.2, 0) is 11.2 Å². The number of allylic oxidation sites excluding steroid dienone is 2. The van der Waals surface area contributed by atoms with Crippen LogP contribution in [0.15, 0.2) is 71.7 Å². The van der Waals surface area contributed by atoms with Crippen LogP contribution in [0.2, 0.25) is 0 Å². The number of methoxy groups -OCH3 is 1. The number of carbonyl (C=O) groups is 2. The van der Waals surface area contributed by atoms with Crippen molar-refractivity contribution >= 4 is 29.0 Å². The summed E-state index contributed by atoms with van der Waals surface area (Å²) in [6, 6.07) is 17.7. The number of carbonyl (C=O) groups excluding carboxylic acids is 2. The third kappa shape index (κ3) is 5.11. The number of aryl methyl sites for hydroxylation is 1. The molecule has 0 N–H and O–H groups in total. The van der Waals surface area contributed by atoms with E-state index in [1.54, 1.807) is 19.3 Å². The molecule has 0 aromatic heterocycles. The number of hydrogen-bond donors (Lipinski definition) is 0. The molecular formula is C22H21NO3S. The van der Waals surface area contributed by atoms with Crippen LogP contribution in [0.5, 0.6) is 5.75 Å². The summed E-state index contributed by atoms with van der Waals surface area (Å²) in [6.45, 7) is 0.444. The van der Waals surface area contributed by atoms with Gasteiger partial charge in [-0.05, 0) is 53.9 Å². The SMILES string of the molecule is COc1ccc(/C=C/C=C2/SC(=O)N(CCCc3ccccc3)C2=O)cc1. The first-order valence-electron chi connectivity index (χ1n) is 8.77. The summed E-state index contributed by atoms with van der Waals surface area (Å²) in [7, 11) is 1.63. The predicted molar refractivity (Wildman–Crippen MR) is 110 cm³/mol. The molecule has 1 saturated heterocycles. The zero-order valence-corrected chi connectivity index (χ0v) is 15.9. The van der Waals surface area contributed by atoms with E-state index in [1.165, 1.54) is 10.5 Å². The number of ether oxygens (including phenoxy) is 1.